The van der Waals surface area contributed by atoms with Gasteiger partial charge in [-0.3, -0.25) is 15.4 Å². The zero-order chi connectivity index (χ0) is 13.8. The number of rotatable bonds is 3. The van der Waals surface area contributed by atoms with E-state index in [1.807, 2.05) is 42.5 Å². The van der Waals surface area contributed by atoms with Gasteiger partial charge in [-0.15, -0.1) is 0 Å². The number of pyridine rings is 2. The molecule has 0 saturated heterocycles. The van der Waals surface area contributed by atoms with Crippen molar-refractivity contribution in [2.45, 2.75) is 0 Å². The number of anilines is 1. The highest BCUT2D eigenvalue weighted by molar-refractivity contribution is 6.31. The molecule has 3 rings (SSSR count). The van der Waals surface area contributed by atoms with Crippen LogP contribution in [0.4, 0.5) is 5.69 Å². The molecule has 0 amide bonds. The lowest BCUT2D eigenvalue weighted by Gasteiger charge is -2.05. The number of hydrogen-bond acceptors (Lipinski definition) is 4. The van der Waals surface area contributed by atoms with Gasteiger partial charge in [-0.25, -0.2) is 0 Å². The zero-order valence-corrected chi connectivity index (χ0v) is 11.2. The summed E-state index contributed by atoms with van der Waals surface area (Å²) in [6, 6.07) is 13.1. The summed E-state index contributed by atoms with van der Waals surface area (Å²) in [5, 5.41) is 5.82. The number of nitrogens with one attached hydrogen (secondary N) is 1. The van der Waals surface area contributed by atoms with E-state index in [1.165, 1.54) is 0 Å². The zero-order valence-electron chi connectivity index (χ0n) is 10.5. The van der Waals surface area contributed by atoms with Crippen LogP contribution < -0.4 is 5.43 Å². The number of nitrogens with zero attached hydrogens (tertiary/aromatic N) is 3. The quantitative estimate of drug-likeness (QED) is 0.588. The van der Waals surface area contributed by atoms with E-state index in [0.717, 1.165) is 22.3 Å². The van der Waals surface area contributed by atoms with Crippen LogP contribution >= 0.6 is 11.6 Å². The predicted molar refractivity (Wildman–Crippen MR) is 82.2 cm³/mol. The summed E-state index contributed by atoms with van der Waals surface area (Å²) < 4.78 is 0. The molecule has 0 saturated carbocycles. The minimum absolute atomic E-state index is 0.666. The lowest BCUT2D eigenvalue weighted by Crippen LogP contribution is -1.93. The molecule has 0 fully saturated rings. The van der Waals surface area contributed by atoms with E-state index in [2.05, 4.69) is 20.5 Å². The molecule has 98 valence electrons. The maximum atomic E-state index is 5.96. The third kappa shape index (κ3) is 2.75. The standard InChI is InChI=1S/C15H11ClN4/c16-11-4-5-13-14(6-8-18-15(13)9-11)20-19-10-12-3-1-2-7-17-12/h1-10H,(H,18,20). The van der Waals surface area contributed by atoms with Gasteiger partial charge in [-0.05, 0) is 36.4 Å². The molecule has 2 aromatic heterocycles. The highest BCUT2D eigenvalue weighted by atomic mass is 35.5. The van der Waals surface area contributed by atoms with E-state index >= 15 is 0 Å². The van der Waals surface area contributed by atoms with Crippen LogP contribution in [0.5, 0.6) is 0 Å². The van der Waals surface area contributed by atoms with Gasteiger partial charge in [0.2, 0.25) is 0 Å². The first kappa shape index (κ1) is 12.6. The molecule has 0 aliphatic heterocycles. The van der Waals surface area contributed by atoms with Crippen molar-refractivity contribution in [3.8, 4) is 0 Å². The molecular formula is C15H11ClN4. The number of benzene rings is 1. The Morgan fingerprint density at radius 2 is 2.00 bits per heavy atom. The molecule has 0 atom stereocenters. The molecule has 3 aromatic rings. The van der Waals surface area contributed by atoms with Gasteiger partial charge in [0.1, 0.15) is 0 Å². The molecule has 0 spiro atoms. The molecule has 0 aliphatic rings. The maximum Gasteiger partial charge on any atom is 0.0830 e. The van der Waals surface area contributed by atoms with Crippen LogP contribution in [0.15, 0.2) is 60.0 Å². The second kappa shape index (κ2) is 5.67. The van der Waals surface area contributed by atoms with Crippen molar-refractivity contribution in [3.05, 3.63) is 65.6 Å². The average molecular weight is 283 g/mol. The van der Waals surface area contributed by atoms with Gasteiger partial charge < -0.3 is 0 Å². The van der Waals surface area contributed by atoms with Gasteiger partial charge in [-0.1, -0.05) is 17.7 Å². The number of hydrogen-bond donors (Lipinski definition) is 1. The van der Waals surface area contributed by atoms with Gasteiger partial charge in [0.25, 0.3) is 0 Å². The Kier molecular flexibility index (Phi) is 3.56. The van der Waals surface area contributed by atoms with E-state index in [-0.39, 0.29) is 0 Å². The summed E-state index contributed by atoms with van der Waals surface area (Å²) in [6.07, 6.45) is 5.12. The van der Waals surface area contributed by atoms with Crippen LogP contribution in [0.3, 0.4) is 0 Å². The second-order valence-corrected chi connectivity index (χ2v) is 4.58. The minimum Gasteiger partial charge on any atom is -0.278 e. The summed E-state index contributed by atoms with van der Waals surface area (Å²) in [4.78, 5) is 8.45. The fourth-order valence-corrected chi connectivity index (χ4v) is 2.01. The molecular weight excluding hydrogens is 272 g/mol. The lowest BCUT2D eigenvalue weighted by atomic mass is 10.2. The van der Waals surface area contributed by atoms with E-state index in [1.54, 1.807) is 18.6 Å². The number of fused-ring (bicyclic) bond motifs is 1. The monoisotopic (exact) mass is 282 g/mol. The Bertz CT molecular complexity index is 756. The fraction of sp³-hybridized carbons (Fsp3) is 0. The molecule has 1 aromatic carbocycles. The van der Waals surface area contributed by atoms with Crippen LogP contribution in [-0.2, 0) is 0 Å². The van der Waals surface area contributed by atoms with Crippen molar-refractivity contribution in [2.24, 2.45) is 5.10 Å². The molecule has 0 aliphatic carbocycles. The molecule has 4 nitrogen and oxygen atoms in total. The molecule has 1 N–H and O–H groups in total. The summed E-state index contributed by atoms with van der Waals surface area (Å²) >= 11 is 5.96. The lowest BCUT2D eigenvalue weighted by molar-refractivity contribution is 1.28. The van der Waals surface area contributed by atoms with Crippen molar-refractivity contribution < 1.29 is 0 Å². The minimum atomic E-state index is 0.666. The van der Waals surface area contributed by atoms with Crippen LogP contribution in [0.25, 0.3) is 10.9 Å². The molecule has 0 radical (unpaired) electrons. The number of hydrazone groups is 1. The SMILES string of the molecule is Clc1ccc2c(NN=Cc3ccccn3)ccnc2c1. The molecule has 2 heterocycles. The maximum absolute atomic E-state index is 5.96. The van der Waals surface area contributed by atoms with E-state index in [0.29, 0.717) is 5.02 Å². The summed E-state index contributed by atoms with van der Waals surface area (Å²) in [5.74, 6) is 0. The Labute approximate surface area is 121 Å². The van der Waals surface area contributed by atoms with Crippen LogP contribution in [-0.4, -0.2) is 16.2 Å². The molecule has 0 bridgehead atoms. The highest BCUT2D eigenvalue weighted by Crippen LogP contribution is 2.24. The third-order valence-corrected chi connectivity index (χ3v) is 3.01. The van der Waals surface area contributed by atoms with Gasteiger partial charge in [0, 0.05) is 22.8 Å². The van der Waals surface area contributed by atoms with E-state index in [9.17, 15) is 0 Å². The van der Waals surface area contributed by atoms with Crippen LogP contribution in [0.1, 0.15) is 5.69 Å². The van der Waals surface area contributed by atoms with Crippen molar-refractivity contribution in [1.82, 2.24) is 9.97 Å². The summed E-state index contributed by atoms with van der Waals surface area (Å²) in [6.45, 7) is 0. The number of halogens is 1. The first-order valence-electron chi connectivity index (χ1n) is 6.07. The Balaban J connectivity index is 1.86. The summed E-state index contributed by atoms with van der Waals surface area (Å²) in [5.41, 5.74) is 5.50. The van der Waals surface area contributed by atoms with Crippen molar-refractivity contribution in [3.63, 3.8) is 0 Å². The topological polar surface area (TPSA) is 50.2 Å². The van der Waals surface area contributed by atoms with Crippen LogP contribution in [0, 0.1) is 0 Å². The van der Waals surface area contributed by atoms with Gasteiger partial charge in [-0.2, -0.15) is 5.10 Å². The Morgan fingerprint density at radius 1 is 1.05 bits per heavy atom. The normalized spacial score (nSPS) is 11.1. The smallest absolute Gasteiger partial charge is 0.0830 e. The molecule has 0 unspecified atom stereocenters. The van der Waals surface area contributed by atoms with Crippen molar-refractivity contribution in [1.29, 1.82) is 0 Å². The van der Waals surface area contributed by atoms with Gasteiger partial charge in [0.15, 0.2) is 0 Å². The Morgan fingerprint density at radius 3 is 2.85 bits per heavy atom. The molecule has 5 heteroatoms. The predicted octanol–water partition coefficient (Wildman–Crippen LogP) is 3.73. The second-order valence-electron chi connectivity index (χ2n) is 4.14. The first-order chi connectivity index (χ1) is 9.83. The van der Waals surface area contributed by atoms with E-state index < -0.39 is 0 Å². The largest absolute Gasteiger partial charge is 0.278 e. The Hall–Kier alpha value is -2.46. The third-order valence-electron chi connectivity index (χ3n) is 2.77. The molecule has 20 heavy (non-hydrogen) atoms. The van der Waals surface area contributed by atoms with Crippen LogP contribution in [0.2, 0.25) is 5.02 Å². The van der Waals surface area contributed by atoms with Gasteiger partial charge in [0.05, 0.1) is 23.1 Å². The van der Waals surface area contributed by atoms with E-state index in [4.69, 9.17) is 11.6 Å². The summed E-state index contributed by atoms with van der Waals surface area (Å²) in [7, 11) is 0. The van der Waals surface area contributed by atoms with Crippen molar-refractivity contribution in [2.75, 3.05) is 5.43 Å². The fourth-order valence-electron chi connectivity index (χ4n) is 1.84. The van der Waals surface area contributed by atoms with Gasteiger partial charge >= 0.3 is 0 Å². The first-order valence-corrected chi connectivity index (χ1v) is 6.45. The highest BCUT2D eigenvalue weighted by Gasteiger charge is 2.01. The average Bonchev–Trinajstić information content (AvgIpc) is 2.48. The van der Waals surface area contributed by atoms with Crippen molar-refractivity contribution >= 4 is 34.4 Å². The number of aromatic nitrogens is 2.